The summed E-state index contributed by atoms with van der Waals surface area (Å²) in [5.74, 6) is 2.49. The molecule has 26 heavy (non-hydrogen) atoms. The van der Waals surface area contributed by atoms with Crippen LogP contribution in [-0.2, 0) is 6.54 Å². The van der Waals surface area contributed by atoms with Crippen molar-refractivity contribution >= 4 is 5.52 Å². The fraction of sp³-hybridized carbons (Fsp3) is 0.316. The Kier molecular flexibility index (Phi) is 3.79. The van der Waals surface area contributed by atoms with Gasteiger partial charge in [-0.15, -0.1) is 0 Å². The van der Waals surface area contributed by atoms with Crippen LogP contribution in [0.4, 0.5) is 0 Å². The topological polar surface area (TPSA) is 72.6 Å². The number of likely N-dealkylation sites (tertiary alicyclic amines) is 1. The van der Waals surface area contributed by atoms with Crippen LogP contribution in [0.25, 0.3) is 28.6 Å². The summed E-state index contributed by atoms with van der Waals surface area (Å²) in [7, 11) is 0. The Morgan fingerprint density at radius 1 is 1.08 bits per heavy atom. The fourth-order valence-electron chi connectivity index (χ4n) is 3.41. The van der Waals surface area contributed by atoms with Gasteiger partial charge in [0.05, 0.1) is 24.6 Å². The van der Waals surface area contributed by atoms with E-state index in [0.717, 1.165) is 36.5 Å². The molecular weight excluding hydrogens is 330 g/mol. The Morgan fingerprint density at radius 2 is 2.00 bits per heavy atom. The molecule has 0 aromatic carbocycles. The third-order valence-corrected chi connectivity index (χ3v) is 4.80. The standard InChI is InChI=1S/C19H19N5O2/c1-2-7-23(8-3-1)12-16-4-5-17(25-16)19-21-18(22-26-19)14-6-9-24-13-20-11-15(24)10-14/h4-6,9-11,13H,1-3,7-8,12H2. The van der Waals surface area contributed by atoms with E-state index in [9.17, 15) is 0 Å². The van der Waals surface area contributed by atoms with Crippen molar-refractivity contribution in [3.8, 4) is 23.0 Å². The van der Waals surface area contributed by atoms with E-state index in [1.807, 2.05) is 34.9 Å². The van der Waals surface area contributed by atoms with Gasteiger partial charge in [-0.2, -0.15) is 4.98 Å². The van der Waals surface area contributed by atoms with Crippen molar-refractivity contribution in [1.29, 1.82) is 0 Å². The second-order valence-electron chi connectivity index (χ2n) is 6.67. The Labute approximate surface area is 150 Å². The second kappa shape index (κ2) is 6.42. The van der Waals surface area contributed by atoms with Gasteiger partial charge in [0.1, 0.15) is 5.76 Å². The van der Waals surface area contributed by atoms with E-state index in [1.54, 1.807) is 12.5 Å². The van der Waals surface area contributed by atoms with Gasteiger partial charge in [0, 0.05) is 11.8 Å². The molecule has 1 saturated heterocycles. The van der Waals surface area contributed by atoms with Gasteiger partial charge in [-0.25, -0.2) is 4.98 Å². The van der Waals surface area contributed by atoms with E-state index in [1.165, 1.54) is 19.3 Å². The molecule has 1 aliphatic heterocycles. The molecule has 0 saturated carbocycles. The van der Waals surface area contributed by atoms with Crippen LogP contribution in [0.5, 0.6) is 0 Å². The molecule has 0 spiro atoms. The van der Waals surface area contributed by atoms with Crippen molar-refractivity contribution in [2.75, 3.05) is 13.1 Å². The third kappa shape index (κ3) is 2.90. The Bertz CT molecular complexity index is 1030. The molecule has 7 heteroatoms. The lowest BCUT2D eigenvalue weighted by Gasteiger charge is -2.25. The van der Waals surface area contributed by atoms with Crippen molar-refractivity contribution in [3.63, 3.8) is 0 Å². The van der Waals surface area contributed by atoms with Crippen molar-refractivity contribution in [2.45, 2.75) is 25.8 Å². The first-order valence-electron chi connectivity index (χ1n) is 8.92. The molecule has 5 heterocycles. The maximum Gasteiger partial charge on any atom is 0.293 e. The Morgan fingerprint density at radius 3 is 2.92 bits per heavy atom. The average molecular weight is 349 g/mol. The molecule has 0 aliphatic carbocycles. The fourth-order valence-corrected chi connectivity index (χ4v) is 3.41. The zero-order chi connectivity index (χ0) is 17.3. The molecule has 4 aromatic heterocycles. The number of fused-ring (bicyclic) bond motifs is 1. The normalized spacial score (nSPS) is 15.7. The Balaban J connectivity index is 1.36. The minimum Gasteiger partial charge on any atom is -0.455 e. The lowest BCUT2D eigenvalue weighted by Crippen LogP contribution is -2.28. The number of nitrogens with zero attached hydrogens (tertiary/aromatic N) is 5. The molecule has 1 fully saturated rings. The van der Waals surface area contributed by atoms with Crippen LogP contribution in [0.2, 0.25) is 0 Å². The molecule has 0 N–H and O–H groups in total. The van der Waals surface area contributed by atoms with Crippen LogP contribution >= 0.6 is 0 Å². The quantitative estimate of drug-likeness (QED) is 0.560. The summed E-state index contributed by atoms with van der Waals surface area (Å²) in [6.07, 6.45) is 9.34. The monoisotopic (exact) mass is 349 g/mol. The number of piperidine rings is 1. The van der Waals surface area contributed by atoms with Crippen molar-refractivity contribution in [3.05, 3.63) is 48.7 Å². The molecule has 0 bridgehead atoms. The Hall–Kier alpha value is -2.93. The van der Waals surface area contributed by atoms with E-state index in [0.29, 0.717) is 17.5 Å². The summed E-state index contributed by atoms with van der Waals surface area (Å²) in [6.45, 7) is 3.11. The zero-order valence-corrected chi connectivity index (χ0v) is 14.3. The van der Waals surface area contributed by atoms with Gasteiger partial charge in [0.15, 0.2) is 5.76 Å². The molecule has 132 valence electrons. The van der Waals surface area contributed by atoms with Crippen LogP contribution in [0.3, 0.4) is 0 Å². The van der Waals surface area contributed by atoms with Crippen molar-refractivity contribution in [1.82, 2.24) is 24.4 Å². The number of aromatic nitrogens is 4. The zero-order valence-electron chi connectivity index (χ0n) is 14.3. The van der Waals surface area contributed by atoms with Gasteiger partial charge < -0.3 is 13.3 Å². The highest BCUT2D eigenvalue weighted by Crippen LogP contribution is 2.25. The highest BCUT2D eigenvalue weighted by Gasteiger charge is 2.17. The van der Waals surface area contributed by atoms with Gasteiger partial charge in [-0.1, -0.05) is 11.6 Å². The minimum atomic E-state index is 0.401. The summed E-state index contributed by atoms with van der Waals surface area (Å²) in [4.78, 5) is 11.0. The van der Waals surface area contributed by atoms with Crippen LogP contribution in [-0.4, -0.2) is 37.5 Å². The number of hydrogen-bond donors (Lipinski definition) is 0. The average Bonchev–Trinajstić information content (AvgIpc) is 3.42. The van der Waals surface area contributed by atoms with E-state index < -0.39 is 0 Å². The maximum absolute atomic E-state index is 5.93. The summed E-state index contributed by atoms with van der Waals surface area (Å²) < 4.78 is 13.3. The van der Waals surface area contributed by atoms with Crippen LogP contribution in [0.1, 0.15) is 25.0 Å². The van der Waals surface area contributed by atoms with E-state index >= 15 is 0 Å². The predicted octanol–water partition coefficient (Wildman–Crippen LogP) is 3.63. The number of pyridine rings is 1. The molecule has 0 atom stereocenters. The first-order valence-corrected chi connectivity index (χ1v) is 8.92. The summed E-state index contributed by atoms with van der Waals surface area (Å²) in [5.41, 5.74) is 1.86. The van der Waals surface area contributed by atoms with Crippen LogP contribution in [0.15, 0.2) is 51.9 Å². The molecular formula is C19H19N5O2. The first-order chi connectivity index (χ1) is 12.8. The smallest absolute Gasteiger partial charge is 0.293 e. The highest BCUT2D eigenvalue weighted by atomic mass is 16.5. The van der Waals surface area contributed by atoms with E-state index in [2.05, 4.69) is 20.0 Å². The van der Waals surface area contributed by atoms with Gasteiger partial charge in [0.25, 0.3) is 5.89 Å². The van der Waals surface area contributed by atoms with Crippen molar-refractivity contribution in [2.24, 2.45) is 0 Å². The number of furan rings is 1. The molecule has 4 aromatic rings. The van der Waals surface area contributed by atoms with Gasteiger partial charge in [-0.3, -0.25) is 4.90 Å². The number of hydrogen-bond acceptors (Lipinski definition) is 6. The van der Waals surface area contributed by atoms with Crippen molar-refractivity contribution < 1.29 is 8.94 Å². The number of rotatable bonds is 4. The van der Waals surface area contributed by atoms with E-state index in [-0.39, 0.29) is 0 Å². The highest BCUT2D eigenvalue weighted by molar-refractivity contribution is 5.63. The minimum absolute atomic E-state index is 0.401. The largest absolute Gasteiger partial charge is 0.455 e. The lowest BCUT2D eigenvalue weighted by atomic mass is 10.1. The van der Waals surface area contributed by atoms with Crippen LogP contribution < -0.4 is 0 Å². The SMILES string of the molecule is c1cn2cncc2cc1-c1noc(-c2ccc(CN3CCCCC3)o2)n1. The molecule has 0 radical (unpaired) electrons. The molecule has 0 unspecified atom stereocenters. The first kappa shape index (κ1) is 15.3. The lowest BCUT2D eigenvalue weighted by molar-refractivity contribution is 0.205. The third-order valence-electron chi connectivity index (χ3n) is 4.80. The van der Waals surface area contributed by atoms with Gasteiger partial charge in [-0.05, 0) is 50.2 Å². The summed E-state index contributed by atoms with van der Waals surface area (Å²) in [6, 6.07) is 7.81. The van der Waals surface area contributed by atoms with E-state index in [4.69, 9.17) is 8.94 Å². The van der Waals surface area contributed by atoms with Crippen LogP contribution in [0, 0.1) is 0 Å². The van der Waals surface area contributed by atoms with Gasteiger partial charge in [0.2, 0.25) is 5.82 Å². The molecule has 1 aliphatic rings. The number of imidazole rings is 1. The molecule has 0 amide bonds. The second-order valence-corrected chi connectivity index (χ2v) is 6.67. The summed E-state index contributed by atoms with van der Waals surface area (Å²) >= 11 is 0. The molecule has 5 rings (SSSR count). The maximum atomic E-state index is 5.93. The molecule has 7 nitrogen and oxygen atoms in total. The van der Waals surface area contributed by atoms with Gasteiger partial charge >= 0.3 is 0 Å². The predicted molar refractivity (Wildman–Crippen MR) is 95.3 cm³/mol. The summed E-state index contributed by atoms with van der Waals surface area (Å²) in [5, 5.41) is 4.09.